The van der Waals surface area contributed by atoms with Gasteiger partial charge in [-0.3, -0.25) is 4.79 Å². The lowest BCUT2D eigenvalue weighted by Gasteiger charge is -2.08. The van der Waals surface area contributed by atoms with E-state index in [1.807, 2.05) is 13.8 Å². The molecule has 0 saturated carbocycles. The van der Waals surface area contributed by atoms with Crippen LogP contribution in [0.25, 0.3) is 10.9 Å². The normalized spacial score (nSPS) is 11.3. The minimum atomic E-state index is -0.366. The van der Waals surface area contributed by atoms with Gasteiger partial charge in [0.1, 0.15) is 5.82 Å². The van der Waals surface area contributed by atoms with Gasteiger partial charge in [-0.25, -0.2) is 4.39 Å². The van der Waals surface area contributed by atoms with Crippen LogP contribution in [0.15, 0.2) is 23.0 Å². The molecular weight excluding hydrogens is 205 g/mol. The summed E-state index contributed by atoms with van der Waals surface area (Å²) in [4.78, 5) is 14.8. The highest BCUT2D eigenvalue weighted by atomic mass is 19.1. The van der Waals surface area contributed by atoms with Gasteiger partial charge in [0, 0.05) is 17.1 Å². The van der Waals surface area contributed by atoms with Crippen LogP contribution in [0.5, 0.6) is 0 Å². The number of aromatic amines is 1. The Morgan fingerprint density at radius 2 is 1.94 bits per heavy atom. The SMILES string of the molecule is Cc1cc(F)c2[nH]c(C(C)C)cc(=O)c2c1. The predicted molar refractivity (Wildman–Crippen MR) is 63.4 cm³/mol. The number of hydrogen-bond acceptors (Lipinski definition) is 1. The maximum atomic E-state index is 13.7. The van der Waals surface area contributed by atoms with Crippen molar-refractivity contribution in [2.75, 3.05) is 0 Å². The van der Waals surface area contributed by atoms with Crippen molar-refractivity contribution in [1.82, 2.24) is 4.98 Å². The number of nitrogens with one attached hydrogen (secondary N) is 1. The zero-order chi connectivity index (χ0) is 11.9. The molecule has 0 fully saturated rings. The van der Waals surface area contributed by atoms with E-state index >= 15 is 0 Å². The molecule has 3 heteroatoms. The summed E-state index contributed by atoms with van der Waals surface area (Å²) in [6.07, 6.45) is 0. The molecule has 0 aliphatic heterocycles. The molecule has 0 saturated heterocycles. The lowest BCUT2D eigenvalue weighted by atomic mass is 10.1. The van der Waals surface area contributed by atoms with Crippen LogP contribution in [0.2, 0.25) is 0 Å². The van der Waals surface area contributed by atoms with Crippen molar-refractivity contribution in [3.63, 3.8) is 0 Å². The summed E-state index contributed by atoms with van der Waals surface area (Å²) in [5.41, 5.74) is 1.70. The van der Waals surface area contributed by atoms with Crippen molar-refractivity contribution in [3.05, 3.63) is 45.5 Å². The first kappa shape index (κ1) is 10.9. The molecule has 1 heterocycles. The summed E-state index contributed by atoms with van der Waals surface area (Å²) in [5, 5.41) is 0.418. The molecule has 0 radical (unpaired) electrons. The molecule has 0 unspecified atom stereocenters. The monoisotopic (exact) mass is 219 g/mol. The minimum absolute atomic E-state index is 0.125. The summed E-state index contributed by atoms with van der Waals surface area (Å²) in [5.74, 6) is -0.188. The first-order valence-electron chi connectivity index (χ1n) is 5.32. The Bertz CT molecular complexity index is 599. The molecule has 84 valence electrons. The maximum Gasteiger partial charge on any atom is 0.189 e. The van der Waals surface area contributed by atoms with Crippen molar-refractivity contribution in [2.24, 2.45) is 0 Å². The van der Waals surface area contributed by atoms with Crippen molar-refractivity contribution in [3.8, 4) is 0 Å². The fourth-order valence-corrected chi connectivity index (χ4v) is 1.77. The lowest BCUT2D eigenvalue weighted by Crippen LogP contribution is -2.07. The van der Waals surface area contributed by atoms with Crippen molar-refractivity contribution >= 4 is 10.9 Å². The molecule has 0 aliphatic carbocycles. The largest absolute Gasteiger partial charge is 0.356 e. The van der Waals surface area contributed by atoms with Crippen molar-refractivity contribution < 1.29 is 4.39 Å². The van der Waals surface area contributed by atoms with Gasteiger partial charge < -0.3 is 4.98 Å². The molecule has 2 nitrogen and oxygen atoms in total. The van der Waals surface area contributed by atoms with Gasteiger partial charge in [0.15, 0.2) is 5.43 Å². The molecule has 0 bridgehead atoms. The number of halogens is 1. The van der Waals surface area contributed by atoms with Crippen LogP contribution >= 0.6 is 0 Å². The number of hydrogen-bond donors (Lipinski definition) is 1. The third-order valence-corrected chi connectivity index (χ3v) is 2.68. The summed E-state index contributed by atoms with van der Waals surface area (Å²) in [6, 6.07) is 4.69. The Labute approximate surface area is 93.1 Å². The number of H-pyrrole nitrogens is 1. The quantitative estimate of drug-likeness (QED) is 0.785. The van der Waals surface area contributed by atoms with Gasteiger partial charge in [-0.15, -0.1) is 0 Å². The number of aromatic nitrogens is 1. The number of aryl methyl sites for hydroxylation is 1. The molecule has 0 amide bonds. The summed E-state index contributed by atoms with van der Waals surface area (Å²) in [6.45, 7) is 5.70. The second-order valence-electron chi connectivity index (χ2n) is 4.41. The maximum absolute atomic E-state index is 13.7. The zero-order valence-electron chi connectivity index (χ0n) is 9.60. The Balaban J connectivity index is 2.87. The van der Waals surface area contributed by atoms with Crippen LogP contribution in [-0.4, -0.2) is 4.98 Å². The van der Waals surface area contributed by atoms with E-state index in [-0.39, 0.29) is 17.2 Å². The van der Waals surface area contributed by atoms with Crippen LogP contribution in [0.3, 0.4) is 0 Å². The highest BCUT2D eigenvalue weighted by Crippen LogP contribution is 2.18. The average Bonchev–Trinajstić information content (AvgIpc) is 2.19. The Morgan fingerprint density at radius 3 is 2.56 bits per heavy atom. The summed E-state index contributed by atoms with van der Waals surface area (Å²) >= 11 is 0. The third-order valence-electron chi connectivity index (χ3n) is 2.68. The molecule has 0 aliphatic rings. The molecule has 1 aromatic heterocycles. The van der Waals surface area contributed by atoms with Crippen molar-refractivity contribution in [2.45, 2.75) is 26.7 Å². The Kier molecular flexibility index (Phi) is 2.54. The molecule has 1 aromatic carbocycles. The number of fused-ring (bicyclic) bond motifs is 1. The van der Waals surface area contributed by atoms with Crippen LogP contribution in [0.4, 0.5) is 4.39 Å². The van der Waals surface area contributed by atoms with Gasteiger partial charge in [0.25, 0.3) is 0 Å². The second kappa shape index (κ2) is 3.74. The second-order valence-corrected chi connectivity index (χ2v) is 4.41. The van der Waals surface area contributed by atoms with Crippen LogP contribution in [-0.2, 0) is 0 Å². The lowest BCUT2D eigenvalue weighted by molar-refractivity contribution is 0.634. The topological polar surface area (TPSA) is 32.9 Å². The molecule has 1 N–H and O–H groups in total. The Hall–Kier alpha value is -1.64. The Morgan fingerprint density at radius 1 is 1.25 bits per heavy atom. The molecular formula is C13H14FNO. The van der Waals surface area contributed by atoms with Gasteiger partial charge in [-0.2, -0.15) is 0 Å². The average molecular weight is 219 g/mol. The van der Waals surface area contributed by atoms with E-state index < -0.39 is 0 Å². The van der Waals surface area contributed by atoms with Gasteiger partial charge in [-0.1, -0.05) is 13.8 Å². The van der Waals surface area contributed by atoms with Crippen molar-refractivity contribution in [1.29, 1.82) is 0 Å². The fraction of sp³-hybridized carbons (Fsp3) is 0.308. The first-order chi connectivity index (χ1) is 7.49. The van der Waals surface area contributed by atoms with E-state index in [9.17, 15) is 9.18 Å². The van der Waals surface area contributed by atoms with Crippen LogP contribution in [0, 0.1) is 12.7 Å². The fourth-order valence-electron chi connectivity index (χ4n) is 1.77. The van der Waals surface area contributed by atoms with Crippen LogP contribution in [0.1, 0.15) is 31.0 Å². The molecule has 0 spiro atoms. The van der Waals surface area contributed by atoms with Gasteiger partial charge in [0.05, 0.1) is 5.52 Å². The van der Waals surface area contributed by atoms with E-state index in [0.717, 1.165) is 11.3 Å². The van der Waals surface area contributed by atoms with E-state index in [1.165, 1.54) is 6.07 Å². The standard InChI is InChI=1S/C13H14FNO/c1-7(2)11-6-12(16)9-4-8(3)5-10(14)13(9)15-11/h4-7H,1-3H3,(H,15,16). The van der Waals surface area contributed by atoms with E-state index in [4.69, 9.17) is 0 Å². The van der Waals surface area contributed by atoms with Crippen LogP contribution < -0.4 is 5.43 Å². The highest BCUT2D eigenvalue weighted by Gasteiger charge is 2.09. The molecule has 16 heavy (non-hydrogen) atoms. The summed E-state index contributed by atoms with van der Waals surface area (Å²) in [7, 11) is 0. The molecule has 0 atom stereocenters. The van der Waals surface area contributed by atoms with E-state index in [0.29, 0.717) is 10.9 Å². The molecule has 2 rings (SSSR count). The summed E-state index contributed by atoms with van der Waals surface area (Å²) < 4.78 is 13.7. The van der Waals surface area contributed by atoms with E-state index in [1.54, 1.807) is 19.1 Å². The number of pyridine rings is 1. The first-order valence-corrected chi connectivity index (χ1v) is 5.32. The third kappa shape index (κ3) is 1.73. The predicted octanol–water partition coefficient (Wildman–Crippen LogP) is 3.10. The van der Waals surface area contributed by atoms with Gasteiger partial charge >= 0.3 is 0 Å². The van der Waals surface area contributed by atoms with E-state index in [2.05, 4.69) is 4.98 Å². The van der Waals surface area contributed by atoms with Gasteiger partial charge in [0.2, 0.25) is 0 Å². The number of rotatable bonds is 1. The minimum Gasteiger partial charge on any atom is -0.356 e. The zero-order valence-corrected chi connectivity index (χ0v) is 9.60. The smallest absolute Gasteiger partial charge is 0.189 e. The number of benzene rings is 1. The van der Waals surface area contributed by atoms with Gasteiger partial charge in [-0.05, 0) is 30.5 Å². The molecule has 2 aromatic rings. The highest BCUT2D eigenvalue weighted by molar-refractivity contribution is 5.80.